The van der Waals surface area contributed by atoms with Crippen LogP contribution in [0.1, 0.15) is 27.2 Å². The molecule has 7 nitrogen and oxygen atoms in total. The normalized spacial score (nSPS) is 18.2. The van der Waals surface area contributed by atoms with Gasteiger partial charge in [0.15, 0.2) is 0 Å². The Kier molecular flexibility index (Phi) is 6.14. The number of fused-ring (bicyclic) bond motifs is 1. The van der Waals surface area contributed by atoms with E-state index < -0.39 is 17.5 Å². The lowest BCUT2D eigenvalue weighted by atomic mass is 10.1. The lowest BCUT2D eigenvalue weighted by molar-refractivity contribution is 0.0291. The highest BCUT2D eigenvalue weighted by Crippen LogP contribution is 2.38. The molecular weight excluding hydrogens is 430 g/mol. The van der Waals surface area contributed by atoms with Crippen molar-refractivity contribution in [3.63, 3.8) is 0 Å². The number of urea groups is 1. The zero-order valence-electron chi connectivity index (χ0n) is 19.0. The maximum atomic E-state index is 14.1. The lowest BCUT2D eigenvalue weighted by Crippen LogP contribution is -2.50. The summed E-state index contributed by atoms with van der Waals surface area (Å²) < 4.78 is 32.9. The second-order valence-electron chi connectivity index (χ2n) is 9.27. The van der Waals surface area contributed by atoms with Crippen LogP contribution in [0.3, 0.4) is 0 Å². The van der Waals surface area contributed by atoms with Gasteiger partial charge in [-0.3, -0.25) is 4.90 Å². The quantitative estimate of drug-likeness (QED) is 0.712. The molecular formula is C24H28F2N4O3. The highest BCUT2D eigenvalue weighted by atomic mass is 19.1. The van der Waals surface area contributed by atoms with Crippen LogP contribution in [0.25, 0.3) is 0 Å². The number of ether oxygens (including phenoxy) is 1. The molecule has 0 radical (unpaired) electrons. The van der Waals surface area contributed by atoms with Gasteiger partial charge in [-0.2, -0.15) is 0 Å². The highest BCUT2D eigenvalue weighted by molar-refractivity contribution is 5.98. The Balaban J connectivity index is 1.47. The summed E-state index contributed by atoms with van der Waals surface area (Å²) in [5.41, 5.74) is 1.23. The van der Waals surface area contributed by atoms with Crippen molar-refractivity contribution in [3.05, 3.63) is 54.1 Å². The minimum atomic E-state index is -0.582. The minimum Gasteiger partial charge on any atom is -0.444 e. The van der Waals surface area contributed by atoms with Crippen LogP contribution in [0.2, 0.25) is 0 Å². The molecule has 33 heavy (non-hydrogen) atoms. The van der Waals surface area contributed by atoms with Crippen molar-refractivity contribution in [2.45, 2.75) is 38.8 Å². The lowest BCUT2D eigenvalue weighted by Gasteiger charge is -2.38. The van der Waals surface area contributed by atoms with E-state index in [2.05, 4.69) is 5.32 Å². The molecule has 2 heterocycles. The van der Waals surface area contributed by atoms with Crippen LogP contribution < -0.4 is 15.1 Å². The molecule has 1 saturated heterocycles. The monoisotopic (exact) mass is 458 g/mol. The van der Waals surface area contributed by atoms with Crippen molar-refractivity contribution in [2.24, 2.45) is 0 Å². The van der Waals surface area contributed by atoms with Gasteiger partial charge in [0, 0.05) is 31.9 Å². The number of hydrogen-bond acceptors (Lipinski definition) is 4. The van der Waals surface area contributed by atoms with Gasteiger partial charge in [0.05, 0.1) is 17.4 Å². The molecule has 3 amide bonds. The topological polar surface area (TPSA) is 65.1 Å². The number of halogens is 2. The first-order valence-corrected chi connectivity index (χ1v) is 11.0. The predicted octanol–water partition coefficient (Wildman–Crippen LogP) is 4.64. The summed E-state index contributed by atoms with van der Waals surface area (Å²) in [4.78, 5) is 30.4. The van der Waals surface area contributed by atoms with Gasteiger partial charge in [-0.05, 0) is 69.7 Å². The third-order valence-corrected chi connectivity index (χ3v) is 5.62. The summed E-state index contributed by atoms with van der Waals surface area (Å²) in [6.45, 7) is 7.09. The molecule has 0 bridgehead atoms. The van der Waals surface area contributed by atoms with Gasteiger partial charge in [0.25, 0.3) is 0 Å². The first-order valence-electron chi connectivity index (χ1n) is 11.0. The molecule has 9 heteroatoms. The molecule has 1 atom stereocenters. The fourth-order valence-corrected chi connectivity index (χ4v) is 4.11. The SMILES string of the molecule is CC(C)(C)OC(=O)N1CC[C@@H](NC(=O)N2CCN(c3ccc(F)cc3)c3cc(F)ccc32)C1. The average molecular weight is 459 g/mol. The number of carbonyl (C=O) groups excluding carboxylic acids is 2. The third kappa shape index (κ3) is 5.18. The van der Waals surface area contributed by atoms with Gasteiger partial charge >= 0.3 is 12.1 Å². The van der Waals surface area contributed by atoms with E-state index in [0.29, 0.717) is 49.7 Å². The molecule has 0 aromatic heterocycles. The van der Waals surface area contributed by atoms with Crippen molar-refractivity contribution >= 4 is 29.2 Å². The molecule has 4 rings (SSSR count). The van der Waals surface area contributed by atoms with Gasteiger partial charge in [-0.15, -0.1) is 0 Å². The van der Waals surface area contributed by atoms with Crippen LogP contribution in [-0.2, 0) is 4.74 Å². The summed E-state index contributed by atoms with van der Waals surface area (Å²) in [5.74, 6) is -0.778. The van der Waals surface area contributed by atoms with E-state index in [0.717, 1.165) is 0 Å². The van der Waals surface area contributed by atoms with Crippen LogP contribution in [0.4, 0.5) is 35.4 Å². The van der Waals surface area contributed by atoms with E-state index in [4.69, 9.17) is 4.74 Å². The maximum absolute atomic E-state index is 14.1. The zero-order chi connectivity index (χ0) is 23.8. The smallest absolute Gasteiger partial charge is 0.410 e. The van der Waals surface area contributed by atoms with Gasteiger partial charge < -0.3 is 19.9 Å². The van der Waals surface area contributed by atoms with E-state index in [9.17, 15) is 18.4 Å². The standard InChI is InChI=1S/C24H28F2N4O3/c1-24(2,3)33-23(32)28-11-10-18(15-28)27-22(31)30-13-12-29(19-7-4-16(25)5-8-19)21-14-17(26)6-9-20(21)30/h4-9,14,18H,10-13,15H2,1-3H3,(H,27,31)/t18-/m1/s1. The molecule has 2 aliphatic heterocycles. The first-order chi connectivity index (χ1) is 15.6. The summed E-state index contributed by atoms with van der Waals surface area (Å²) >= 11 is 0. The number of amides is 3. The molecule has 176 valence electrons. The maximum Gasteiger partial charge on any atom is 0.410 e. The molecule has 2 aromatic carbocycles. The second kappa shape index (κ2) is 8.88. The van der Waals surface area contributed by atoms with Crippen LogP contribution >= 0.6 is 0 Å². The molecule has 1 N–H and O–H groups in total. The molecule has 2 aromatic rings. The molecule has 0 aliphatic carbocycles. The Bertz CT molecular complexity index is 1040. The molecule has 0 unspecified atom stereocenters. The van der Waals surface area contributed by atoms with Crippen molar-refractivity contribution in [1.82, 2.24) is 10.2 Å². The van der Waals surface area contributed by atoms with E-state index >= 15 is 0 Å². The summed E-state index contributed by atoms with van der Waals surface area (Å²) in [6.07, 6.45) is 0.226. The Morgan fingerprint density at radius 2 is 1.67 bits per heavy atom. The summed E-state index contributed by atoms with van der Waals surface area (Å²) in [5, 5.41) is 2.99. The highest BCUT2D eigenvalue weighted by Gasteiger charge is 2.33. The van der Waals surface area contributed by atoms with Crippen LogP contribution in [0.5, 0.6) is 0 Å². The van der Waals surface area contributed by atoms with Crippen molar-refractivity contribution in [3.8, 4) is 0 Å². The number of nitrogens with zero attached hydrogens (tertiary/aromatic N) is 3. The Labute approximate surface area is 191 Å². The Hall–Kier alpha value is -3.36. The van der Waals surface area contributed by atoms with Gasteiger partial charge in [0.2, 0.25) is 0 Å². The van der Waals surface area contributed by atoms with Gasteiger partial charge in [0.1, 0.15) is 17.2 Å². The number of carbonyl (C=O) groups is 2. The van der Waals surface area contributed by atoms with Crippen LogP contribution in [-0.4, -0.2) is 54.8 Å². The van der Waals surface area contributed by atoms with E-state index in [1.165, 1.54) is 24.3 Å². The fraction of sp³-hybridized carbons (Fsp3) is 0.417. The Morgan fingerprint density at radius 1 is 0.970 bits per heavy atom. The first kappa shape index (κ1) is 22.8. The number of anilines is 3. The number of nitrogens with one attached hydrogen (secondary N) is 1. The fourth-order valence-electron chi connectivity index (χ4n) is 4.11. The zero-order valence-corrected chi connectivity index (χ0v) is 19.0. The molecule has 0 saturated carbocycles. The van der Waals surface area contributed by atoms with Crippen molar-refractivity contribution in [1.29, 1.82) is 0 Å². The largest absolute Gasteiger partial charge is 0.444 e. The van der Waals surface area contributed by atoms with E-state index in [1.807, 2.05) is 25.7 Å². The molecule has 0 spiro atoms. The van der Waals surface area contributed by atoms with Crippen LogP contribution in [0, 0.1) is 11.6 Å². The number of rotatable bonds is 2. The summed E-state index contributed by atoms with van der Waals surface area (Å²) in [7, 11) is 0. The van der Waals surface area contributed by atoms with E-state index in [1.54, 1.807) is 28.0 Å². The average Bonchev–Trinajstić information content (AvgIpc) is 3.21. The van der Waals surface area contributed by atoms with Crippen molar-refractivity contribution < 1.29 is 23.1 Å². The molecule has 1 fully saturated rings. The second-order valence-corrected chi connectivity index (χ2v) is 9.27. The van der Waals surface area contributed by atoms with Gasteiger partial charge in [-0.1, -0.05) is 0 Å². The third-order valence-electron chi connectivity index (χ3n) is 5.62. The van der Waals surface area contributed by atoms with E-state index in [-0.39, 0.29) is 17.9 Å². The predicted molar refractivity (Wildman–Crippen MR) is 122 cm³/mol. The number of benzene rings is 2. The number of likely N-dealkylation sites (tertiary alicyclic amines) is 1. The van der Waals surface area contributed by atoms with Crippen molar-refractivity contribution in [2.75, 3.05) is 36.0 Å². The minimum absolute atomic E-state index is 0.205. The molecule has 2 aliphatic rings. The van der Waals surface area contributed by atoms with Crippen LogP contribution in [0.15, 0.2) is 42.5 Å². The van der Waals surface area contributed by atoms with Gasteiger partial charge in [-0.25, -0.2) is 18.4 Å². The summed E-state index contributed by atoms with van der Waals surface area (Å²) in [6, 6.07) is 9.70. The Morgan fingerprint density at radius 3 is 2.36 bits per heavy atom. The number of hydrogen-bond donors (Lipinski definition) is 1.